The van der Waals surface area contributed by atoms with E-state index in [-0.39, 0.29) is 6.10 Å². The first-order chi connectivity index (χ1) is 7.13. The summed E-state index contributed by atoms with van der Waals surface area (Å²) in [5.41, 5.74) is 0. The molecular formula is C11H16BrNOS. The van der Waals surface area contributed by atoms with Gasteiger partial charge in [-0.25, -0.2) is 0 Å². The molecule has 2 rings (SSSR count). The largest absolute Gasteiger partial charge is 0.392 e. The van der Waals surface area contributed by atoms with E-state index in [9.17, 15) is 5.11 Å². The van der Waals surface area contributed by atoms with Gasteiger partial charge >= 0.3 is 0 Å². The number of rotatable bonds is 2. The monoisotopic (exact) mass is 289 g/mol. The summed E-state index contributed by atoms with van der Waals surface area (Å²) in [6.45, 7) is 5.10. The summed E-state index contributed by atoms with van der Waals surface area (Å²) in [4.78, 5) is 3.71. The summed E-state index contributed by atoms with van der Waals surface area (Å²) in [6, 6.07) is 4.24. The maximum atomic E-state index is 9.69. The molecule has 4 heteroatoms. The number of hydrogen-bond acceptors (Lipinski definition) is 3. The Kier molecular flexibility index (Phi) is 3.83. The summed E-state index contributed by atoms with van der Waals surface area (Å²) in [5, 5.41) is 9.69. The third kappa shape index (κ3) is 3.28. The number of aliphatic hydroxyl groups is 1. The van der Waals surface area contributed by atoms with Crippen molar-refractivity contribution in [2.75, 3.05) is 13.1 Å². The molecule has 1 aromatic rings. The zero-order chi connectivity index (χ0) is 10.8. The smallest absolute Gasteiger partial charge is 0.0701 e. The molecule has 0 spiro atoms. The molecule has 0 unspecified atom stereocenters. The van der Waals surface area contributed by atoms with E-state index >= 15 is 0 Å². The molecule has 1 fully saturated rings. The Labute approximate surface area is 103 Å². The highest BCUT2D eigenvalue weighted by atomic mass is 79.9. The van der Waals surface area contributed by atoms with Crippen molar-refractivity contribution in [3.05, 3.63) is 20.8 Å². The Morgan fingerprint density at radius 1 is 1.53 bits per heavy atom. The summed E-state index contributed by atoms with van der Waals surface area (Å²) in [7, 11) is 0. The minimum absolute atomic E-state index is 0.142. The average Bonchev–Trinajstić information content (AvgIpc) is 2.49. The van der Waals surface area contributed by atoms with Gasteiger partial charge in [-0.3, -0.25) is 4.90 Å². The molecule has 1 aliphatic rings. The first-order valence-electron chi connectivity index (χ1n) is 5.28. The zero-order valence-corrected chi connectivity index (χ0v) is 11.2. The fraction of sp³-hybridized carbons (Fsp3) is 0.636. The summed E-state index contributed by atoms with van der Waals surface area (Å²) >= 11 is 5.25. The van der Waals surface area contributed by atoms with Gasteiger partial charge in [0.2, 0.25) is 0 Å². The predicted molar refractivity (Wildman–Crippen MR) is 67.1 cm³/mol. The molecule has 0 aromatic carbocycles. The Hall–Kier alpha value is 0.1000. The molecule has 1 N–H and O–H groups in total. The molecule has 2 atom stereocenters. The van der Waals surface area contributed by atoms with E-state index in [1.54, 1.807) is 11.3 Å². The van der Waals surface area contributed by atoms with E-state index in [0.29, 0.717) is 5.92 Å². The van der Waals surface area contributed by atoms with Crippen LogP contribution in [0.2, 0.25) is 0 Å². The van der Waals surface area contributed by atoms with Crippen molar-refractivity contribution in [2.45, 2.75) is 26.0 Å². The first kappa shape index (κ1) is 11.6. The SMILES string of the molecule is C[C@@H]1C[C@H](O)CN(Cc2ccc(Br)s2)C1. The molecule has 2 nitrogen and oxygen atoms in total. The van der Waals surface area contributed by atoms with Gasteiger partial charge in [-0.05, 0) is 40.4 Å². The van der Waals surface area contributed by atoms with Crippen molar-refractivity contribution in [3.8, 4) is 0 Å². The second-order valence-electron chi connectivity index (χ2n) is 4.39. The van der Waals surface area contributed by atoms with Crippen molar-refractivity contribution < 1.29 is 5.11 Å². The van der Waals surface area contributed by atoms with Gasteiger partial charge in [0.1, 0.15) is 0 Å². The number of piperidine rings is 1. The molecule has 1 aliphatic heterocycles. The van der Waals surface area contributed by atoms with Crippen LogP contribution in [0.25, 0.3) is 0 Å². The third-order valence-corrected chi connectivity index (χ3v) is 4.33. The van der Waals surface area contributed by atoms with E-state index in [1.165, 1.54) is 8.66 Å². The highest BCUT2D eigenvalue weighted by Gasteiger charge is 2.23. The predicted octanol–water partition coefficient (Wildman–Crippen LogP) is 2.71. The lowest BCUT2D eigenvalue weighted by Gasteiger charge is -2.33. The van der Waals surface area contributed by atoms with Crippen LogP contribution in [0.15, 0.2) is 15.9 Å². The summed E-state index contributed by atoms with van der Waals surface area (Å²) < 4.78 is 1.18. The van der Waals surface area contributed by atoms with Crippen LogP contribution in [-0.4, -0.2) is 29.2 Å². The lowest BCUT2D eigenvalue weighted by molar-refractivity contribution is 0.0414. The van der Waals surface area contributed by atoms with E-state index < -0.39 is 0 Å². The number of nitrogens with zero attached hydrogens (tertiary/aromatic N) is 1. The van der Waals surface area contributed by atoms with Gasteiger partial charge in [-0.1, -0.05) is 6.92 Å². The van der Waals surface area contributed by atoms with E-state index in [4.69, 9.17) is 0 Å². The van der Waals surface area contributed by atoms with Crippen LogP contribution in [0.1, 0.15) is 18.2 Å². The van der Waals surface area contributed by atoms with Crippen LogP contribution in [0.3, 0.4) is 0 Å². The molecule has 0 aliphatic carbocycles. The average molecular weight is 290 g/mol. The van der Waals surface area contributed by atoms with E-state index in [2.05, 4.69) is 39.9 Å². The molecule has 0 radical (unpaired) electrons. The third-order valence-electron chi connectivity index (χ3n) is 2.72. The molecule has 1 aromatic heterocycles. The van der Waals surface area contributed by atoms with Crippen molar-refractivity contribution in [1.29, 1.82) is 0 Å². The number of β-amino-alcohol motifs (C(OH)–C–C–N with tert-alkyl or cyclic N) is 1. The second-order valence-corrected chi connectivity index (χ2v) is 6.94. The maximum absolute atomic E-state index is 9.69. The van der Waals surface area contributed by atoms with Crippen LogP contribution >= 0.6 is 27.3 Å². The summed E-state index contributed by atoms with van der Waals surface area (Å²) in [6.07, 6.45) is 0.808. The fourth-order valence-corrected chi connectivity index (χ4v) is 3.74. The highest BCUT2D eigenvalue weighted by Crippen LogP contribution is 2.25. The second kappa shape index (κ2) is 4.95. The van der Waals surface area contributed by atoms with E-state index in [1.807, 2.05) is 0 Å². The van der Waals surface area contributed by atoms with Gasteiger partial charge in [-0.2, -0.15) is 0 Å². The normalized spacial score (nSPS) is 28.2. The maximum Gasteiger partial charge on any atom is 0.0701 e. The minimum atomic E-state index is -0.142. The van der Waals surface area contributed by atoms with Gasteiger partial charge in [0.05, 0.1) is 9.89 Å². The van der Waals surface area contributed by atoms with Crippen LogP contribution < -0.4 is 0 Å². The zero-order valence-electron chi connectivity index (χ0n) is 8.82. The number of likely N-dealkylation sites (tertiary alicyclic amines) is 1. The van der Waals surface area contributed by atoms with Crippen LogP contribution in [0.5, 0.6) is 0 Å². The van der Waals surface area contributed by atoms with Gasteiger partial charge in [0.15, 0.2) is 0 Å². The minimum Gasteiger partial charge on any atom is -0.392 e. The number of thiophene rings is 1. The fourth-order valence-electron chi connectivity index (χ4n) is 2.21. The van der Waals surface area contributed by atoms with Crippen LogP contribution in [-0.2, 0) is 6.54 Å². The number of hydrogen-bond donors (Lipinski definition) is 1. The lowest BCUT2D eigenvalue weighted by atomic mass is 9.98. The topological polar surface area (TPSA) is 23.5 Å². The molecule has 15 heavy (non-hydrogen) atoms. The quantitative estimate of drug-likeness (QED) is 0.905. The standard InChI is InChI=1S/C11H16BrNOS/c1-8-4-9(14)6-13(5-8)7-10-2-3-11(12)15-10/h2-3,8-9,14H,4-7H2,1H3/t8-,9+/m1/s1. The molecule has 0 bridgehead atoms. The molecule has 0 amide bonds. The van der Waals surface area contributed by atoms with Gasteiger partial charge < -0.3 is 5.11 Å². The molecule has 1 saturated heterocycles. The van der Waals surface area contributed by atoms with E-state index in [0.717, 1.165) is 26.1 Å². The highest BCUT2D eigenvalue weighted by molar-refractivity contribution is 9.11. The molecule has 84 valence electrons. The lowest BCUT2D eigenvalue weighted by Crippen LogP contribution is -2.41. The summed E-state index contributed by atoms with van der Waals surface area (Å²) in [5.74, 6) is 0.608. The van der Waals surface area contributed by atoms with Crippen molar-refractivity contribution in [1.82, 2.24) is 4.90 Å². The van der Waals surface area contributed by atoms with Gasteiger partial charge in [0.25, 0.3) is 0 Å². The van der Waals surface area contributed by atoms with Crippen molar-refractivity contribution in [3.63, 3.8) is 0 Å². The number of aliphatic hydroxyl groups excluding tert-OH is 1. The Morgan fingerprint density at radius 3 is 2.93 bits per heavy atom. The van der Waals surface area contributed by atoms with Crippen molar-refractivity contribution in [2.24, 2.45) is 5.92 Å². The molecular weight excluding hydrogens is 274 g/mol. The van der Waals surface area contributed by atoms with Crippen LogP contribution in [0.4, 0.5) is 0 Å². The Balaban J connectivity index is 1.94. The first-order valence-corrected chi connectivity index (χ1v) is 6.89. The van der Waals surface area contributed by atoms with Crippen molar-refractivity contribution >= 4 is 27.3 Å². The Bertz CT molecular complexity index is 318. The molecule has 2 heterocycles. The molecule has 0 saturated carbocycles. The Morgan fingerprint density at radius 2 is 2.33 bits per heavy atom. The van der Waals surface area contributed by atoms with Gasteiger partial charge in [0, 0.05) is 24.5 Å². The number of halogens is 1. The van der Waals surface area contributed by atoms with Gasteiger partial charge in [-0.15, -0.1) is 11.3 Å². The van der Waals surface area contributed by atoms with Crippen LogP contribution in [0, 0.1) is 5.92 Å².